The minimum absolute atomic E-state index is 0.0217. The molecule has 4 heteroatoms. The first-order valence-electron chi connectivity index (χ1n) is 5.81. The largest absolute Gasteiger partial charge is 0.352 e. The van der Waals surface area contributed by atoms with Crippen molar-refractivity contribution in [3.63, 3.8) is 0 Å². The monoisotopic (exact) mass is 241 g/mol. The maximum absolute atomic E-state index is 12.9. The lowest BCUT2D eigenvalue weighted by Crippen LogP contribution is -2.29. The Balaban J connectivity index is 2.63. The summed E-state index contributed by atoms with van der Waals surface area (Å²) in [5, 5.41) is 2.68. The van der Waals surface area contributed by atoms with Gasteiger partial charge in [-0.05, 0) is 18.1 Å². The van der Waals surface area contributed by atoms with Crippen LogP contribution in [0.25, 0.3) is 0 Å². The zero-order valence-corrected chi connectivity index (χ0v) is 10.1. The molecule has 17 heavy (non-hydrogen) atoms. The number of nitrogens with one attached hydrogen (secondary N) is 1. The SMILES string of the molecule is CCC(CC)CNC(=O)c1cc(F)cc(F)c1. The summed E-state index contributed by atoms with van der Waals surface area (Å²) < 4.78 is 25.8. The fourth-order valence-corrected chi connectivity index (χ4v) is 1.60. The lowest BCUT2D eigenvalue weighted by Gasteiger charge is -2.13. The number of carbonyl (C=O) groups excluding carboxylic acids is 1. The fraction of sp³-hybridized carbons (Fsp3) is 0.462. The van der Waals surface area contributed by atoms with Gasteiger partial charge in [0.15, 0.2) is 0 Å². The molecule has 0 aliphatic heterocycles. The van der Waals surface area contributed by atoms with E-state index in [9.17, 15) is 13.6 Å². The van der Waals surface area contributed by atoms with Crippen LogP contribution in [0, 0.1) is 17.6 Å². The van der Waals surface area contributed by atoms with E-state index in [1.165, 1.54) is 0 Å². The summed E-state index contributed by atoms with van der Waals surface area (Å²) in [4.78, 5) is 11.6. The molecular formula is C13H17F2NO. The van der Waals surface area contributed by atoms with Gasteiger partial charge < -0.3 is 5.32 Å². The molecule has 0 radical (unpaired) electrons. The third-order valence-electron chi connectivity index (χ3n) is 2.83. The lowest BCUT2D eigenvalue weighted by molar-refractivity contribution is 0.0945. The average Bonchev–Trinajstić information content (AvgIpc) is 2.28. The van der Waals surface area contributed by atoms with Crippen LogP contribution in [0.5, 0.6) is 0 Å². The van der Waals surface area contributed by atoms with Gasteiger partial charge in [0.25, 0.3) is 5.91 Å². The first kappa shape index (κ1) is 13.6. The summed E-state index contributed by atoms with van der Waals surface area (Å²) in [6.07, 6.45) is 1.93. The highest BCUT2D eigenvalue weighted by atomic mass is 19.1. The van der Waals surface area contributed by atoms with Crippen molar-refractivity contribution < 1.29 is 13.6 Å². The van der Waals surface area contributed by atoms with E-state index >= 15 is 0 Å². The molecule has 0 heterocycles. The summed E-state index contributed by atoms with van der Waals surface area (Å²) in [5.41, 5.74) is 0.0217. The Kier molecular flexibility index (Phi) is 5.07. The van der Waals surface area contributed by atoms with Crippen LogP contribution < -0.4 is 5.32 Å². The molecule has 0 atom stereocenters. The minimum Gasteiger partial charge on any atom is -0.352 e. The zero-order valence-electron chi connectivity index (χ0n) is 10.1. The van der Waals surface area contributed by atoms with Gasteiger partial charge in [0.1, 0.15) is 11.6 Å². The second kappa shape index (κ2) is 6.33. The van der Waals surface area contributed by atoms with E-state index in [4.69, 9.17) is 0 Å². The summed E-state index contributed by atoms with van der Waals surface area (Å²) in [6.45, 7) is 4.62. The van der Waals surface area contributed by atoms with Crippen LogP contribution in [0.4, 0.5) is 8.78 Å². The van der Waals surface area contributed by atoms with Crippen LogP contribution in [0.2, 0.25) is 0 Å². The Morgan fingerprint density at radius 2 is 1.71 bits per heavy atom. The van der Waals surface area contributed by atoms with Crippen LogP contribution in [-0.4, -0.2) is 12.5 Å². The molecule has 94 valence electrons. The van der Waals surface area contributed by atoms with Gasteiger partial charge in [-0.25, -0.2) is 8.78 Å². The first-order valence-corrected chi connectivity index (χ1v) is 5.81. The summed E-state index contributed by atoms with van der Waals surface area (Å²) in [7, 11) is 0. The van der Waals surface area contributed by atoms with Crippen molar-refractivity contribution in [1.29, 1.82) is 0 Å². The standard InChI is InChI=1S/C13H17F2NO/c1-3-9(4-2)8-16-13(17)10-5-11(14)7-12(15)6-10/h5-7,9H,3-4,8H2,1-2H3,(H,16,17). The van der Waals surface area contributed by atoms with E-state index < -0.39 is 17.5 Å². The molecule has 2 nitrogen and oxygen atoms in total. The van der Waals surface area contributed by atoms with Crippen LogP contribution in [0.15, 0.2) is 18.2 Å². The number of amides is 1. The van der Waals surface area contributed by atoms with Gasteiger partial charge in [0, 0.05) is 18.2 Å². The lowest BCUT2D eigenvalue weighted by atomic mass is 10.0. The average molecular weight is 241 g/mol. The Bertz CT molecular complexity index is 369. The summed E-state index contributed by atoms with van der Waals surface area (Å²) in [6, 6.07) is 2.81. The molecule has 0 fully saturated rings. The highest BCUT2D eigenvalue weighted by Gasteiger charge is 2.10. The topological polar surface area (TPSA) is 29.1 Å². The second-order valence-corrected chi connectivity index (χ2v) is 4.05. The van der Waals surface area contributed by atoms with E-state index in [0.717, 1.165) is 31.0 Å². The van der Waals surface area contributed by atoms with Crippen LogP contribution in [0.1, 0.15) is 37.0 Å². The third kappa shape index (κ3) is 4.13. The van der Waals surface area contributed by atoms with E-state index in [0.29, 0.717) is 12.5 Å². The van der Waals surface area contributed by atoms with Crippen molar-refractivity contribution in [2.45, 2.75) is 26.7 Å². The third-order valence-corrected chi connectivity index (χ3v) is 2.83. The van der Waals surface area contributed by atoms with Gasteiger partial charge in [-0.2, -0.15) is 0 Å². The molecule has 1 N–H and O–H groups in total. The number of halogens is 2. The minimum atomic E-state index is -0.738. The van der Waals surface area contributed by atoms with Gasteiger partial charge in [-0.15, -0.1) is 0 Å². The second-order valence-electron chi connectivity index (χ2n) is 4.05. The molecular weight excluding hydrogens is 224 g/mol. The summed E-state index contributed by atoms with van der Waals surface area (Å²) >= 11 is 0. The van der Waals surface area contributed by atoms with Crippen LogP contribution in [0.3, 0.4) is 0 Å². The van der Waals surface area contributed by atoms with Crippen molar-refractivity contribution in [3.05, 3.63) is 35.4 Å². The van der Waals surface area contributed by atoms with Crippen molar-refractivity contribution in [2.24, 2.45) is 5.92 Å². The van der Waals surface area contributed by atoms with Crippen molar-refractivity contribution in [3.8, 4) is 0 Å². The normalized spacial score (nSPS) is 10.6. The Hall–Kier alpha value is -1.45. The number of rotatable bonds is 5. The van der Waals surface area contributed by atoms with Crippen molar-refractivity contribution in [2.75, 3.05) is 6.54 Å². The number of hydrogen-bond donors (Lipinski definition) is 1. The molecule has 0 aliphatic carbocycles. The van der Waals surface area contributed by atoms with Crippen LogP contribution >= 0.6 is 0 Å². The van der Waals surface area contributed by atoms with E-state index in [1.807, 2.05) is 13.8 Å². The first-order chi connectivity index (χ1) is 8.06. The van der Waals surface area contributed by atoms with Gasteiger partial charge >= 0.3 is 0 Å². The van der Waals surface area contributed by atoms with Gasteiger partial charge in [0.05, 0.1) is 0 Å². The maximum Gasteiger partial charge on any atom is 0.251 e. The molecule has 0 spiro atoms. The highest BCUT2D eigenvalue weighted by molar-refractivity contribution is 5.94. The number of benzene rings is 1. The smallest absolute Gasteiger partial charge is 0.251 e. The number of carbonyl (C=O) groups is 1. The molecule has 0 unspecified atom stereocenters. The maximum atomic E-state index is 12.9. The molecule has 0 saturated heterocycles. The van der Waals surface area contributed by atoms with Crippen molar-refractivity contribution >= 4 is 5.91 Å². The van der Waals surface area contributed by atoms with E-state index in [2.05, 4.69) is 5.32 Å². The quantitative estimate of drug-likeness (QED) is 0.843. The summed E-state index contributed by atoms with van der Waals surface area (Å²) in [5.74, 6) is -1.51. The fourth-order valence-electron chi connectivity index (χ4n) is 1.60. The van der Waals surface area contributed by atoms with Gasteiger partial charge in [0.2, 0.25) is 0 Å². The van der Waals surface area contributed by atoms with Gasteiger partial charge in [-0.3, -0.25) is 4.79 Å². The predicted molar refractivity (Wildman–Crippen MR) is 62.8 cm³/mol. The molecule has 0 saturated carbocycles. The van der Waals surface area contributed by atoms with Gasteiger partial charge in [-0.1, -0.05) is 26.7 Å². The van der Waals surface area contributed by atoms with Crippen molar-refractivity contribution in [1.82, 2.24) is 5.32 Å². The molecule has 0 aromatic heterocycles. The highest BCUT2D eigenvalue weighted by Crippen LogP contribution is 2.09. The molecule has 1 aromatic carbocycles. The Morgan fingerprint density at radius 1 is 1.18 bits per heavy atom. The zero-order chi connectivity index (χ0) is 12.8. The van der Waals surface area contributed by atoms with E-state index in [-0.39, 0.29) is 5.56 Å². The van der Waals surface area contributed by atoms with Crippen LogP contribution in [-0.2, 0) is 0 Å². The van der Waals surface area contributed by atoms with E-state index in [1.54, 1.807) is 0 Å². The molecule has 1 amide bonds. The molecule has 0 bridgehead atoms. The molecule has 1 aromatic rings. The number of hydrogen-bond acceptors (Lipinski definition) is 1. The molecule has 0 aliphatic rings. The molecule has 1 rings (SSSR count). The Labute approximate surface area is 100 Å². The predicted octanol–water partition coefficient (Wildman–Crippen LogP) is 3.13. The Morgan fingerprint density at radius 3 is 2.18 bits per heavy atom.